The van der Waals surface area contributed by atoms with E-state index in [1.54, 1.807) is 0 Å². The maximum atomic E-state index is 6.37. The summed E-state index contributed by atoms with van der Waals surface area (Å²) < 4.78 is 11.8. The molecule has 0 radical (unpaired) electrons. The van der Waals surface area contributed by atoms with Crippen LogP contribution in [0.4, 0.5) is 0 Å². The number of benzene rings is 2. The molecule has 0 bridgehead atoms. The second-order valence-electron chi connectivity index (χ2n) is 6.89. The van der Waals surface area contributed by atoms with Crippen molar-refractivity contribution in [1.82, 2.24) is 4.90 Å². The average Bonchev–Trinajstić information content (AvgIpc) is 2.74. The molecular formula is C23H31NO2S. The van der Waals surface area contributed by atoms with Crippen LogP contribution < -0.4 is 0 Å². The zero-order valence-electron chi connectivity index (χ0n) is 16.3. The lowest BCUT2D eigenvalue weighted by Crippen LogP contribution is -2.38. The highest BCUT2D eigenvalue weighted by molar-refractivity contribution is 7.99. The van der Waals surface area contributed by atoms with Gasteiger partial charge in [0.1, 0.15) is 6.10 Å². The van der Waals surface area contributed by atoms with Crippen LogP contribution in [0.1, 0.15) is 37.0 Å². The minimum atomic E-state index is -0.0121. The fourth-order valence-corrected chi connectivity index (χ4v) is 4.21. The normalized spacial score (nSPS) is 16.3. The molecule has 1 atom stereocenters. The van der Waals surface area contributed by atoms with E-state index in [2.05, 4.69) is 66.4 Å². The van der Waals surface area contributed by atoms with E-state index < -0.39 is 0 Å². The molecule has 1 unspecified atom stereocenters. The summed E-state index contributed by atoms with van der Waals surface area (Å²) in [5.74, 6) is 1.19. The van der Waals surface area contributed by atoms with Crippen LogP contribution in [0.5, 0.6) is 0 Å². The van der Waals surface area contributed by atoms with Crippen molar-refractivity contribution in [3.05, 3.63) is 65.7 Å². The van der Waals surface area contributed by atoms with Gasteiger partial charge in [0.25, 0.3) is 0 Å². The molecule has 2 aromatic rings. The Bertz CT molecular complexity index is 641. The molecule has 1 fully saturated rings. The van der Waals surface area contributed by atoms with Gasteiger partial charge in [-0.25, -0.2) is 0 Å². The minimum absolute atomic E-state index is 0.0121. The first kappa shape index (κ1) is 20.4. The van der Waals surface area contributed by atoms with Gasteiger partial charge in [-0.3, -0.25) is 4.90 Å². The van der Waals surface area contributed by atoms with Crippen molar-refractivity contribution in [1.29, 1.82) is 0 Å². The predicted octanol–water partition coefficient (Wildman–Crippen LogP) is 5.02. The molecule has 0 N–H and O–H groups in total. The van der Waals surface area contributed by atoms with Crippen molar-refractivity contribution in [2.24, 2.45) is 0 Å². The van der Waals surface area contributed by atoms with E-state index in [-0.39, 0.29) is 6.10 Å². The van der Waals surface area contributed by atoms with E-state index in [0.717, 1.165) is 39.5 Å². The summed E-state index contributed by atoms with van der Waals surface area (Å²) in [6, 6.07) is 19.5. The Morgan fingerprint density at radius 2 is 1.70 bits per heavy atom. The summed E-state index contributed by atoms with van der Waals surface area (Å²) >= 11 is 1.94. The highest BCUT2D eigenvalue weighted by Crippen LogP contribution is 2.28. The Labute approximate surface area is 168 Å². The Hall–Kier alpha value is -1.33. The van der Waals surface area contributed by atoms with Gasteiger partial charge in [-0.15, -0.1) is 11.8 Å². The summed E-state index contributed by atoms with van der Waals surface area (Å²) in [5.41, 5.74) is 2.44. The summed E-state index contributed by atoms with van der Waals surface area (Å²) in [6.07, 6.45) is 2.50. The molecule has 1 heterocycles. The SMILES string of the molecule is CCCCSc1ccc(C(OCCN2CCOCC2)c2ccccc2)cc1. The van der Waals surface area contributed by atoms with Crippen molar-refractivity contribution < 1.29 is 9.47 Å². The van der Waals surface area contributed by atoms with Gasteiger partial charge in [-0.2, -0.15) is 0 Å². The molecule has 1 aliphatic rings. The standard InChI is InChI=1S/C23H31NO2S/c1-2-3-19-27-22-11-9-21(10-12-22)23(20-7-5-4-6-8-20)26-18-15-24-13-16-25-17-14-24/h4-12,23H,2-3,13-19H2,1H3. The summed E-state index contributed by atoms with van der Waals surface area (Å²) in [7, 11) is 0. The van der Waals surface area contributed by atoms with E-state index >= 15 is 0 Å². The van der Waals surface area contributed by atoms with Gasteiger partial charge in [0.15, 0.2) is 0 Å². The van der Waals surface area contributed by atoms with E-state index in [9.17, 15) is 0 Å². The second kappa shape index (κ2) is 11.5. The third-order valence-corrected chi connectivity index (χ3v) is 5.95. The molecule has 27 heavy (non-hydrogen) atoms. The van der Waals surface area contributed by atoms with E-state index in [0.29, 0.717) is 0 Å². The van der Waals surface area contributed by atoms with Crippen LogP contribution in [-0.2, 0) is 9.47 Å². The van der Waals surface area contributed by atoms with E-state index in [4.69, 9.17) is 9.47 Å². The van der Waals surface area contributed by atoms with Gasteiger partial charge in [0.2, 0.25) is 0 Å². The van der Waals surface area contributed by atoms with Crippen molar-refractivity contribution in [2.45, 2.75) is 30.8 Å². The fourth-order valence-electron chi connectivity index (χ4n) is 3.21. The maximum absolute atomic E-state index is 6.37. The topological polar surface area (TPSA) is 21.7 Å². The molecule has 0 spiro atoms. The van der Waals surface area contributed by atoms with Gasteiger partial charge < -0.3 is 9.47 Å². The largest absolute Gasteiger partial charge is 0.379 e. The number of rotatable bonds is 10. The van der Waals surface area contributed by atoms with Crippen LogP contribution in [0, 0.1) is 0 Å². The van der Waals surface area contributed by atoms with Gasteiger partial charge in [-0.05, 0) is 35.4 Å². The van der Waals surface area contributed by atoms with Gasteiger partial charge in [0.05, 0.1) is 19.8 Å². The highest BCUT2D eigenvalue weighted by Gasteiger charge is 2.16. The van der Waals surface area contributed by atoms with Crippen molar-refractivity contribution in [3.63, 3.8) is 0 Å². The van der Waals surface area contributed by atoms with E-state index in [1.165, 1.54) is 34.6 Å². The highest BCUT2D eigenvalue weighted by atomic mass is 32.2. The number of morpholine rings is 1. The molecule has 2 aromatic carbocycles. The number of hydrogen-bond acceptors (Lipinski definition) is 4. The predicted molar refractivity (Wildman–Crippen MR) is 114 cm³/mol. The molecule has 3 rings (SSSR count). The van der Waals surface area contributed by atoms with Crippen molar-refractivity contribution >= 4 is 11.8 Å². The lowest BCUT2D eigenvalue weighted by atomic mass is 10.0. The number of thioether (sulfide) groups is 1. The van der Waals surface area contributed by atoms with Crippen molar-refractivity contribution in [3.8, 4) is 0 Å². The molecule has 0 amide bonds. The lowest BCUT2D eigenvalue weighted by Gasteiger charge is -2.27. The number of hydrogen-bond donors (Lipinski definition) is 0. The quantitative estimate of drug-likeness (QED) is 0.423. The van der Waals surface area contributed by atoms with Crippen LogP contribution in [0.3, 0.4) is 0 Å². The molecular weight excluding hydrogens is 354 g/mol. The minimum Gasteiger partial charge on any atom is -0.379 e. The average molecular weight is 386 g/mol. The Morgan fingerprint density at radius 1 is 1.00 bits per heavy atom. The first-order chi connectivity index (χ1) is 13.4. The zero-order valence-corrected chi connectivity index (χ0v) is 17.1. The van der Waals surface area contributed by atoms with Gasteiger partial charge >= 0.3 is 0 Å². The van der Waals surface area contributed by atoms with Crippen molar-refractivity contribution in [2.75, 3.05) is 45.2 Å². The lowest BCUT2D eigenvalue weighted by molar-refractivity contribution is 0.00967. The van der Waals surface area contributed by atoms with Crippen LogP contribution in [-0.4, -0.2) is 50.1 Å². The zero-order chi connectivity index (χ0) is 18.7. The molecule has 0 aliphatic carbocycles. The second-order valence-corrected chi connectivity index (χ2v) is 8.05. The number of ether oxygens (including phenoxy) is 2. The van der Waals surface area contributed by atoms with Crippen LogP contribution in [0.15, 0.2) is 59.5 Å². The first-order valence-corrected chi connectivity index (χ1v) is 11.0. The Kier molecular flexibility index (Phi) is 8.69. The van der Waals surface area contributed by atoms with Crippen LogP contribution in [0.2, 0.25) is 0 Å². The Morgan fingerprint density at radius 3 is 2.41 bits per heavy atom. The molecule has 1 aliphatic heterocycles. The third kappa shape index (κ3) is 6.65. The summed E-state index contributed by atoms with van der Waals surface area (Å²) in [5, 5.41) is 0. The smallest absolute Gasteiger partial charge is 0.108 e. The molecule has 4 heteroatoms. The van der Waals surface area contributed by atoms with Crippen LogP contribution >= 0.6 is 11.8 Å². The number of unbranched alkanes of at least 4 members (excludes halogenated alkanes) is 1. The first-order valence-electron chi connectivity index (χ1n) is 10.1. The van der Waals surface area contributed by atoms with Gasteiger partial charge in [-0.1, -0.05) is 55.8 Å². The van der Waals surface area contributed by atoms with Crippen LogP contribution in [0.25, 0.3) is 0 Å². The number of nitrogens with zero attached hydrogens (tertiary/aromatic N) is 1. The monoisotopic (exact) mass is 385 g/mol. The summed E-state index contributed by atoms with van der Waals surface area (Å²) in [4.78, 5) is 3.76. The molecule has 0 saturated carbocycles. The molecule has 1 saturated heterocycles. The maximum Gasteiger partial charge on any atom is 0.108 e. The van der Waals surface area contributed by atoms with E-state index in [1.807, 2.05) is 11.8 Å². The molecule has 146 valence electrons. The molecule has 3 nitrogen and oxygen atoms in total. The van der Waals surface area contributed by atoms with Gasteiger partial charge in [0, 0.05) is 24.5 Å². The Balaban J connectivity index is 1.62. The fraction of sp³-hybridized carbons (Fsp3) is 0.478. The molecule has 0 aromatic heterocycles. The third-order valence-electron chi connectivity index (χ3n) is 4.85. The summed E-state index contributed by atoms with van der Waals surface area (Å²) in [6.45, 7) is 7.59.